The molecule has 6 rings (SSSR count). The van der Waals surface area contributed by atoms with Crippen LogP contribution in [0.25, 0.3) is 11.0 Å². The van der Waals surface area contributed by atoms with Crippen LogP contribution < -0.4 is 15.4 Å². The quantitative estimate of drug-likeness (QED) is 0.201. The molecule has 212 valence electrons. The number of carbonyl (C=O) groups excluding carboxylic acids is 2. The highest BCUT2D eigenvalue weighted by molar-refractivity contribution is 6.05. The number of benzene rings is 2. The lowest BCUT2D eigenvalue weighted by Gasteiger charge is -2.28. The Bertz CT molecular complexity index is 1590. The predicted molar refractivity (Wildman–Crippen MR) is 161 cm³/mol. The van der Waals surface area contributed by atoms with Crippen molar-refractivity contribution in [1.29, 1.82) is 0 Å². The zero-order chi connectivity index (χ0) is 28.5. The lowest BCUT2D eigenvalue weighted by molar-refractivity contribution is -0.126. The number of carbonyl (C=O) groups is 2. The van der Waals surface area contributed by atoms with Crippen molar-refractivity contribution in [1.82, 2.24) is 15.2 Å². The van der Waals surface area contributed by atoms with E-state index in [1.54, 1.807) is 12.3 Å². The molecular weight excluding hydrogens is 514 g/mol. The number of nitrogens with one attached hydrogen (secondary N) is 3. The number of pyridine rings is 1. The van der Waals surface area contributed by atoms with Crippen LogP contribution in [0.2, 0.25) is 0 Å². The summed E-state index contributed by atoms with van der Waals surface area (Å²) < 4.78 is 6.39. The Balaban J connectivity index is 1.18. The average Bonchev–Trinajstić information content (AvgIpc) is 3.74. The molecule has 8 heteroatoms. The third-order valence-corrected chi connectivity index (χ3v) is 8.27. The molecule has 0 radical (unpaired) electrons. The number of hydrogen-bond donors (Lipinski definition) is 3. The summed E-state index contributed by atoms with van der Waals surface area (Å²) in [7, 11) is 0. The SMILES string of the molecule is Cc1cc(NC(=O)c2cccc(Nc3ccnc4[nH]nc(O[C@@H]5CCCC(C(=O)C6CC6)C5)c34)c2)ccc1C(C)C. The molecule has 0 spiro atoms. The maximum atomic E-state index is 13.1. The van der Waals surface area contributed by atoms with Gasteiger partial charge < -0.3 is 15.4 Å². The fourth-order valence-corrected chi connectivity index (χ4v) is 5.98. The summed E-state index contributed by atoms with van der Waals surface area (Å²) in [6.07, 6.45) is 7.32. The van der Waals surface area contributed by atoms with E-state index in [4.69, 9.17) is 4.74 Å². The number of anilines is 3. The molecule has 3 N–H and O–H groups in total. The second kappa shape index (κ2) is 11.4. The minimum atomic E-state index is -0.176. The van der Waals surface area contributed by atoms with Crippen LogP contribution in [0, 0.1) is 18.8 Å². The summed E-state index contributed by atoms with van der Waals surface area (Å²) in [4.78, 5) is 30.2. The zero-order valence-electron chi connectivity index (χ0n) is 23.9. The lowest BCUT2D eigenvalue weighted by atomic mass is 9.83. The summed E-state index contributed by atoms with van der Waals surface area (Å²) in [6, 6.07) is 15.3. The number of H-pyrrole nitrogens is 1. The number of Topliss-reactive ketones (excluding diaryl/α,β-unsaturated/α-hetero) is 1. The summed E-state index contributed by atoms with van der Waals surface area (Å²) in [5.41, 5.74) is 5.90. The highest BCUT2D eigenvalue weighted by atomic mass is 16.5. The fraction of sp³-hybridized carbons (Fsp3) is 0.394. The molecule has 2 aliphatic rings. The van der Waals surface area contributed by atoms with Gasteiger partial charge in [-0.2, -0.15) is 0 Å². The number of hydrogen-bond acceptors (Lipinski definition) is 6. The van der Waals surface area contributed by atoms with E-state index in [1.807, 2.05) is 36.4 Å². The highest BCUT2D eigenvalue weighted by Gasteiger charge is 2.37. The minimum absolute atomic E-state index is 0.0544. The first kappa shape index (κ1) is 27.0. The predicted octanol–water partition coefficient (Wildman–Crippen LogP) is 7.30. The largest absolute Gasteiger partial charge is 0.473 e. The summed E-state index contributed by atoms with van der Waals surface area (Å²) >= 11 is 0. The van der Waals surface area contributed by atoms with Crippen LogP contribution in [0.3, 0.4) is 0 Å². The number of rotatable bonds is 9. The Morgan fingerprint density at radius 3 is 2.63 bits per heavy atom. The molecule has 2 atom stereocenters. The lowest BCUT2D eigenvalue weighted by Crippen LogP contribution is -2.30. The molecule has 8 nitrogen and oxygen atoms in total. The zero-order valence-corrected chi connectivity index (χ0v) is 23.9. The van der Waals surface area contributed by atoms with Gasteiger partial charge in [-0.3, -0.25) is 14.7 Å². The van der Waals surface area contributed by atoms with Crippen LogP contribution in [0.4, 0.5) is 17.1 Å². The average molecular weight is 552 g/mol. The first-order valence-electron chi connectivity index (χ1n) is 14.7. The second-order valence-electron chi connectivity index (χ2n) is 11.8. The van der Waals surface area contributed by atoms with Gasteiger partial charge in [0.25, 0.3) is 5.91 Å². The minimum Gasteiger partial charge on any atom is -0.473 e. The molecule has 0 saturated heterocycles. The molecule has 4 aromatic rings. The molecule has 2 aliphatic carbocycles. The maximum absolute atomic E-state index is 13.1. The third kappa shape index (κ3) is 5.97. The first-order valence-corrected chi connectivity index (χ1v) is 14.7. The number of aryl methyl sites for hydroxylation is 1. The van der Waals surface area contributed by atoms with Crippen LogP contribution in [0.5, 0.6) is 5.88 Å². The van der Waals surface area contributed by atoms with Crippen molar-refractivity contribution >= 4 is 39.8 Å². The van der Waals surface area contributed by atoms with E-state index in [0.29, 0.717) is 28.8 Å². The van der Waals surface area contributed by atoms with E-state index < -0.39 is 0 Å². The number of nitrogens with zero attached hydrogens (tertiary/aromatic N) is 2. The molecule has 2 saturated carbocycles. The van der Waals surface area contributed by atoms with Gasteiger partial charge in [0.1, 0.15) is 17.3 Å². The molecule has 0 aliphatic heterocycles. The fourth-order valence-electron chi connectivity index (χ4n) is 5.98. The van der Waals surface area contributed by atoms with E-state index in [9.17, 15) is 9.59 Å². The van der Waals surface area contributed by atoms with Crippen molar-refractivity contribution in [2.45, 2.75) is 71.3 Å². The van der Waals surface area contributed by atoms with Gasteiger partial charge >= 0.3 is 0 Å². The van der Waals surface area contributed by atoms with E-state index >= 15 is 0 Å². The number of aromatic amines is 1. The summed E-state index contributed by atoms with van der Waals surface area (Å²) in [6.45, 7) is 6.40. The van der Waals surface area contributed by atoms with Crippen molar-refractivity contribution in [3.63, 3.8) is 0 Å². The number of ether oxygens (including phenoxy) is 1. The van der Waals surface area contributed by atoms with Crippen LogP contribution in [-0.4, -0.2) is 33.0 Å². The van der Waals surface area contributed by atoms with Crippen LogP contribution in [-0.2, 0) is 4.79 Å². The van der Waals surface area contributed by atoms with E-state index in [2.05, 4.69) is 52.7 Å². The normalized spacial score (nSPS) is 18.8. The Labute approximate surface area is 240 Å². The van der Waals surface area contributed by atoms with Crippen molar-refractivity contribution < 1.29 is 14.3 Å². The molecule has 1 amide bonds. The smallest absolute Gasteiger partial charge is 0.255 e. The van der Waals surface area contributed by atoms with Crippen molar-refractivity contribution in [2.75, 3.05) is 10.6 Å². The van der Waals surface area contributed by atoms with E-state index in [1.165, 1.54) is 5.56 Å². The van der Waals surface area contributed by atoms with Crippen molar-refractivity contribution in [2.24, 2.45) is 11.8 Å². The summed E-state index contributed by atoms with van der Waals surface area (Å²) in [5.74, 6) is 1.52. The van der Waals surface area contributed by atoms with Crippen molar-refractivity contribution in [3.8, 4) is 5.88 Å². The van der Waals surface area contributed by atoms with E-state index in [-0.39, 0.29) is 23.8 Å². The molecule has 0 bridgehead atoms. The molecule has 2 fully saturated rings. The molecular formula is C33H37N5O3. The number of aromatic nitrogens is 3. The highest BCUT2D eigenvalue weighted by Crippen LogP contribution is 2.39. The van der Waals surface area contributed by atoms with Crippen molar-refractivity contribution in [3.05, 3.63) is 71.4 Å². The van der Waals surface area contributed by atoms with Gasteiger partial charge in [-0.05, 0) is 98.9 Å². The Morgan fingerprint density at radius 1 is 1.00 bits per heavy atom. The Hall–Kier alpha value is -4.20. The third-order valence-electron chi connectivity index (χ3n) is 8.27. The van der Waals surface area contributed by atoms with Gasteiger partial charge in [0.15, 0.2) is 5.65 Å². The summed E-state index contributed by atoms with van der Waals surface area (Å²) in [5, 5.41) is 14.6. The molecule has 2 aromatic carbocycles. The second-order valence-corrected chi connectivity index (χ2v) is 11.8. The Morgan fingerprint density at radius 2 is 1.85 bits per heavy atom. The monoisotopic (exact) mass is 551 g/mol. The van der Waals surface area contributed by atoms with Crippen LogP contribution in [0.15, 0.2) is 54.7 Å². The maximum Gasteiger partial charge on any atom is 0.255 e. The number of amides is 1. The van der Waals surface area contributed by atoms with E-state index in [0.717, 1.165) is 66.5 Å². The van der Waals surface area contributed by atoms with Crippen LogP contribution >= 0.6 is 0 Å². The molecule has 1 unspecified atom stereocenters. The van der Waals surface area contributed by atoms with Gasteiger partial charge in [0, 0.05) is 35.0 Å². The Kier molecular flexibility index (Phi) is 7.47. The molecule has 2 aromatic heterocycles. The van der Waals surface area contributed by atoms with Gasteiger partial charge in [0.05, 0.1) is 5.69 Å². The first-order chi connectivity index (χ1) is 19.9. The topological polar surface area (TPSA) is 109 Å². The standard InChI is InChI=1S/C33H37N5O3/c1-19(2)27-13-12-25(16-20(27)3)36-32(40)23-7-4-8-24(17-23)35-28-14-15-34-31-29(28)33(38-37-31)41-26-9-5-6-22(18-26)30(39)21-10-11-21/h4,7-8,12-17,19,21-22,26H,5-6,9-11,18H2,1-3H3,(H,36,40)(H2,34,35,37,38)/t22?,26-/m1/s1. The molecule has 2 heterocycles. The van der Waals surface area contributed by atoms with Gasteiger partial charge in [-0.1, -0.05) is 26.0 Å². The number of ketones is 1. The van der Waals surface area contributed by atoms with Crippen LogP contribution in [0.1, 0.15) is 79.8 Å². The van der Waals surface area contributed by atoms with Gasteiger partial charge in [-0.25, -0.2) is 4.98 Å². The number of fused-ring (bicyclic) bond motifs is 1. The van der Waals surface area contributed by atoms with Gasteiger partial charge in [0.2, 0.25) is 5.88 Å². The molecule has 41 heavy (non-hydrogen) atoms. The van der Waals surface area contributed by atoms with Gasteiger partial charge in [-0.15, -0.1) is 5.10 Å².